The van der Waals surface area contributed by atoms with Gasteiger partial charge < -0.3 is 4.74 Å². The van der Waals surface area contributed by atoms with Gasteiger partial charge in [0.1, 0.15) is 0 Å². The fourth-order valence-corrected chi connectivity index (χ4v) is 3.33. The molecule has 0 amide bonds. The standard InChI is InChI=1S/C15H15NOS2/c1-17-15(16-14-10-6-3-7-11-14)19-18-12-13-8-4-2-5-9-13/h2-11H,12H2,1H3. The lowest BCUT2D eigenvalue weighted by atomic mass is 10.2. The Hall–Kier alpha value is -1.39. The second-order valence-corrected chi connectivity index (χ2v) is 6.00. The number of benzene rings is 2. The van der Waals surface area contributed by atoms with Crippen LogP contribution in [0, 0.1) is 0 Å². The van der Waals surface area contributed by atoms with Gasteiger partial charge in [-0.3, -0.25) is 0 Å². The SMILES string of the molecule is COC(=Nc1ccccc1)SSCc1ccccc1. The molecule has 4 heteroatoms. The molecule has 0 atom stereocenters. The highest BCUT2D eigenvalue weighted by atomic mass is 33.1. The van der Waals surface area contributed by atoms with Crippen LogP contribution in [-0.4, -0.2) is 12.3 Å². The zero-order valence-electron chi connectivity index (χ0n) is 10.7. The molecule has 0 bridgehead atoms. The Kier molecular flexibility index (Phi) is 5.85. The van der Waals surface area contributed by atoms with Crippen molar-refractivity contribution < 1.29 is 4.74 Å². The molecule has 0 spiro atoms. The molecule has 0 saturated carbocycles. The number of rotatable bonds is 4. The van der Waals surface area contributed by atoms with Gasteiger partial charge in [0.05, 0.1) is 12.8 Å². The molecule has 0 aliphatic heterocycles. The average molecular weight is 289 g/mol. The molecule has 0 unspecified atom stereocenters. The van der Waals surface area contributed by atoms with Crippen LogP contribution in [0.4, 0.5) is 5.69 Å². The van der Waals surface area contributed by atoms with E-state index in [0.717, 1.165) is 11.4 Å². The molecule has 98 valence electrons. The molecule has 2 aromatic rings. The lowest BCUT2D eigenvalue weighted by Gasteiger charge is -2.04. The Balaban J connectivity index is 1.88. The third-order valence-electron chi connectivity index (χ3n) is 2.35. The maximum Gasteiger partial charge on any atom is 0.261 e. The van der Waals surface area contributed by atoms with E-state index in [1.54, 1.807) is 28.7 Å². The second-order valence-electron chi connectivity index (χ2n) is 3.75. The summed E-state index contributed by atoms with van der Waals surface area (Å²) in [4.78, 5) is 4.44. The van der Waals surface area contributed by atoms with Gasteiger partial charge in [-0.15, -0.1) is 0 Å². The van der Waals surface area contributed by atoms with Crippen LogP contribution >= 0.6 is 21.6 Å². The van der Waals surface area contributed by atoms with Gasteiger partial charge in [-0.05, 0) is 17.7 Å². The first-order valence-electron chi connectivity index (χ1n) is 5.89. The summed E-state index contributed by atoms with van der Waals surface area (Å²) in [6, 6.07) is 20.2. The lowest BCUT2D eigenvalue weighted by Crippen LogP contribution is -1.92. The molecular formula is C15H15NOS2. The first kappa shape index (κ1) is 14.0. The van der Waals surface area contributed by atoms with Crippen molar-refractivity contribution >= 4 is 32.5 Å². The van der Waals surface area contributed by atoms with Crippen molar-refractivity contribution in [3.8, 4) is 0 Å². The van der Waals surface area contributed by atoms with Gasteiger partial charge in [0, 0.05) is 16.5 Å². The normalized spacial score (nSPS) is 11.3. The Morgan fingerprint density at radius 2 is 1.63 bits per heavy atom. The molecule has 2 aromatic carbocycles. The lowest BCUT2D eigenvalue weighted by molar-refractivity contribution is 0.417. The summed E-state index contributed by atoms with van der Waals surface area (Å²) in [5, 5.41) is 0.673. The summed E-state index contributed by atoms with van der Waals surface area (Å²) in [6.45, 7) is 0. The summed E-state index contributed by atoms with van der Waals surface area (Å²) in [7, 11) is 4.93. The van der Waals surface area contributed by atoms with Crippen LogP contribution < -0.4 is 0 Å². The molecule has 0 aliphatic carbocycles. The van der Waals surface area contributed by atoms with Gasteiger partial charge in [-0.25, -0.2) is 4.99 Å². The van der Waals surface area contributed by atoms with Crippen molar-refractivity contribution in [2.24, 2.45) is 4.99 Å². The first-order chi connectivity index (χ1) is 9.38. The zero-order chi connectivity index (χ0) is 13.3. The summed E-state index contributed by atoms with van der Waals surface area (Å²) in [6.07, 6.45) is 0. The van der Waals surface area contributed by atoms with Crippen LogP contribution in [0.15, 0.2) is 65.7 Å². The fourth-order valence-electron chi connectivity index (χ4n) is 1.43. The minimum Gasteiger partial charge on any atom is -0.476 e. The predicted octanol–water partition coefficient (Wildman–Crippen LogP) is 4.90. The number of nitrogens with zero attached hydrogens (tertiary/aromatic N) is 1. The van der Waals surface area contributed by atoms with E-state index < -0.39 is 0 Å². The van der Waals surface area contributed by atoms with Crippen molar-refractivity contribution in [2.75, 3.05) is 7.11 Å². The van der Waals surface area contributed by atoms with Crippen molar-refractivity contribution in [1.82, 2.24) is 0 Å². The molecule has 0 heterocycles. The minimum atomic E-state index is 0.673. The molecule has 0 saturated heterocycles. The van der Waals surface area contributed by atoms with E-state index in [9.17, 15) is 0 Å². The van der Waals surface area contributed by atoms with Crippen LogP contribution in [0.1, 0.15) is 5.56 Å². The monoisotopic (exact) mass is 289 g/mol. The van der Waals surface area contributed by atoms with Gasteiger partial charge in [-0.1, -0.05) is 59.3 Å². The highest BCUT2D eigenvalue weighted by molar-refractivity contribution is 8.81. The quantitative estimate of drug-likeness (QED) is 0.454. The summed E-state index contributed by atoms with van der Waals surface area (Å²) in [5.41, 5.74) is 2.21. The largest absolute Gasteiger partial charge is 0.476 e. The number of ether oxygens (including phenoxy) is 1. The third-order valence-corrected chi connectivity index (χ3v) is 4.45. The topological polar surface area (TPSA) is 21.6 Å². The highest BCUT2D eigenvalue weighted by Crippen LogP contribution is 2.29. The van der Waals surface area contributed by atoms with E-state index in [0.29, 0.717) is 5.23 Å². The van der Waals surface area contributed by atoms with Crippen molar-refractivity contribution in [3.63, 3.8) is 0 Å². The second kappa shape index (κ2) is 7.92. The minimum absolute atomic E-state index is 0.673. The van der Waals surface area contributed by atoms with E-state index in [1.165, 1.54) is 5.56 Å². The highest BCUT2D eigenvalue weighted by Gasteiger charge is 2.02. The van der Waals surface area contributed by atoms with E-state index in [4.69, 9.17) is 4.74 Å². The zero-order valence-corrected chi connectivity index (χ0v) is 12.3. The number of hydrogen-bond donors (Lipinski definition) is 0. The molecule has 2 rings (SSSR count). The van der Waals surface area contributed by atoms with E-state index in [1.807, 2.05) is 36.4 Å². The van der Waals surface area contributed by atoms with Crippen molar-refractivity contribution in [1.29, 1.82) is 0 Å². The van der Waals surface area contributed by atoms with E-state index >= 15 is 0 Å². The molecule has 19 heavy (non-hydrogen) atoms. The van der Waals surface area contributed by atoms with E-state index in [-0.39, 0.29) is 0 Å². The fraction of sp³-hybridized carbons (Fsp3) is 0.133. The summed E-state index contributed by atoms with van der Waals surface area (Å²) in [5.74, 6) is 0.933. The third kappa shape index (κ3) is 5.01. The molecule has 0 N–H and O–H groups in total. The number of hydrogen-bond acceptors (Lipinski definition) is 4. The molecule has 0 radical (unpaired) electrons. The van der Waals surface area contributed by atoms with Crippen LogP contribution in [0.3, 0.4) is 0 Å². The Morgan fingerprint density at radius 1 is 1.00 bits per heavy atom. The molecule has 0 aromatic heterocycles. The number of para-hydroxylation sites is 1. The first-order valence-corrected chi connectivity index (χ1v) is 8.21. The van der Waals surface area contributed by atoms with Gasteiger partial charge in [0.2, 0.25) is 0 Å². The van der Waals surface area contributed by atoms with Crippen LogP contribution in [-0.2, 0) is 10.5 Å². The van der Waals surface area contributed by atoms with Crippen molar-refractivity contribution in [2.45, 2.75) is 5.75 Å². The molecule has 0 fully saturated rings. The Morgan fingerprint density at radius 3 is 2.26 bits per heavy atom. The van der Waals surface area contributed by atoms with Crippen molar-refractivity contribution in [3.05, 3.63) is 66.2 Å². The smallest absolute Gasteiger partial charge is 0.261 e. The van der Waals surface area contributed by atoms with Gasteiger partial charge in [0.15, 0.2) is 0 Å². The average Bonchev–Trinajstić information content (AvgIpc) is 2.48. The van der Waals surface area contributed by atoms with Crippen LogP contribution in [0.25, 0.3) is 0 Å². The van der Waals surface area contributed by atoms with E-state index in [2.05, 4.69) is 29.3 Å². The molecule has 0 aliphatic rings. The Bertz CT molecular complexity index is 514. The molecular weight excluding hydrogens is 274 g/mol. The maximum absolute atomic E-state index is 5.28. The van der Waals surface area contributed by atoms with Gasteiger partial charge in [0.25, 0.3) is 5.23 Å². The van der Waals surface area contributed by atoms with Crippen LogP contribution in [0.5, 0.6) is 0 Å². The number of aliphatic imine (C=N–C) groups is 1. The van der Waals surface area contributed by atoms with Gasteiger partial charge >= 0.3 is 0 Å². The Labute approximate surface area is 121 Å². The van der Waals surface area contributed by atoms with Gasteiger partial charge in [-0.2, -0.15) is 0 Å². The number of methoxy groups -OCH3 is 1. The summed E-state index contributed by atoms with van der Waals surface area (Å²) >= 11 is 0. The maximum atomic E-state index is 5.28. The summed E-state index contributed by atoms with van der Waals surface area (Å²) < 4.78 is 5.28. The predicted molar refractivity (Wildman–Crippen MR) is 85.9 cm³/mol. The van der Waals surface area contributed by atoms with Crippen LogP contribution in [0.2, 0.25) is 0 Å². The molecule has 2 nitrogen and oxygen atoms in total.